The van der Waals surface area contributed by atoms with E-state index in [4.69, 9.17) is 0 Å². The van der Waals surface area contributed by atoms with Crippen LogP contribution in [0.1, 0.15) is 65.7 Å². The molecule has 2 atom stereocenters. The Morgan fingerprint density at radius 2 is 1.50 bits per heavy atom. The molecule has 0 spiro atoms. The maximum atomic E-state index is 2.74. The zero-order valence-corrected chi connectivity index (χ0v) is 11.7. The smallest absolute Gasteiger partial charge is 0.000978 e. The third-order valence-electron chi connectivity index (χ3n) is 4.18. The number of hydrogen-bond donors (Lipinski definition) is 0. The summed E-state index contributed by atoms with van der Waals surface area (Å²) in [5, 5.41) is 0. The van der Waals surface area contributed by atoms with Crippen molar-refractivity contribution in [1.29, 1.82) is 0 Å². The molecular weight excluding hydrogens is 194 g/mol. The Labute approximate surface area is 103 Å². The molecule has 1 rings (SSSR count). The van der Waals surface area contributed by atoms with Gasteiger partial charge in [0.2, 0.25) is 0 Å². The van der Waals surface area contributed by atoms with Crippen LogP contribution in [-0.2, 0) is 0 Å². The first kappa shape index (κ1) is 14.0. The summed E-state index contributed by atoms with van der Waals surface area (Å²) in [6, 6.07) is 0. The third-order valence-corrected chi connectivity index (χ3v) is 4.18. The molecule has 0 bridgehead atoms. The highest BCUT2D eigenvalue weighted by molar-refractivity contribution is 4.77. The van der Waals surface area contributed by atoms with Gasteiger partial charge in [0.05, 0.1) is 0 Å². The number of piperidine rings is 1. The quantitative estimate of drug-likeness (QED) is 0.583. The molecule has 0 amide bonds. The van der Waals surface area contributed by atoms with Gasteiger partial charge in [0.25, 0.3) is 0 Å². The van der Waals surface area contributed by atoms with Gasteiger partial charge in [-0.3, -0.25) is 0 Å². The molecule has 0 saturated carbocycles. The molecule has 0 aromatic rings. The molecular formula is C15H31N. The van der Waals surface area contributed by atoms with E-state index in [1.165, 1.54) is 64.6 Å². The Balaban J connectivity index is 2.23. The predicted molar refractivity (Wildman–Crippen MR) is 72.8 cm³/mol. The zero-order valence-electron chi connectivity index (χ0n) is 11.7. The van der Waals surface area contributed by atoms with Gasteiger partial charge in [0.15, 0.2) is 0 Å². The first-order valence-electron chi connectivity index (χ1n) is 7.52. The van der Waals surface area contributed by atoms with E-state index in [0.717, 1.165) is 11.8 Å². The zero-order chi connectivity index (χ0) is 11.8. The maximum absolute atomic E-state index is 2.74. The first-order chi connectivity index (χ1) is 7.80. The SMILES string of the molecule is CCCCCCN1CC(CC)CC(CC)C1. The minimum atomic E-state index is 0.977. The Hall–Kier alpha value is -0.0400. The standard InChI is InChI=1S/C15H31N/c1-4-7-8-9-10-16-12-14(5-2)11-15(6-3)13-16/h14-15H,4-13H2,1-3H3. The van der Waals surface area contributed by atoms with Crippen LogP contribution in [0.15, 0.2) is 0 Å². The van der Waals surface area contributed by atoms with E-state index >= 15 is 0 Å². The molecule has 0 aromatic heterocycles. The van der Waals surface area contributed by atoms with Crippen molar-refractivity contribution in [3.63, 3.8) is 0 Å². The van der Waals surface area contributed by atoms with Gasteiger partial charge in [-0.25, -0.2) is 0 Å². The molecule has 1 aliphatic rings. The number of rotatable bonds is 7. The van der Waals surface area contributed by atoms with Gasteiger partial charge in [-0.1, -0.05) is 52.9 Å². The van der Waals surface area contributed by atoms with Crippen LogP contribution in [0.5, 0.6) is 0 Å². The van der Waals surface area contributed by atoms with E-state index < -0.39 is 0 Å². The topological polar surface area (TPSA) is 3.24 Å². The summed E-state index contributed by atoms with van der Waals surface area (Å²) in [6.07, 6.45) is 9.86. The lowest BCUT2D eigenvalue weighted by molar-refractivity contribution is 0.118. The fraction of sp³-hybridized carbons (Fsp3) is 1.00. The molecule has 0 aliphatic carbocycles. The highest BCUT2D eigenvalue weighted by atomic mass is 15.1. The van der Waals surface area contributed by atoms with Gasteiger partial charge in [-0.15, -0.1) is 0 Å². The van der Waals surface area contributed by atoms with Crippen LogP contribution < -0.4 is 0 Å². The average Bonchev–Trinajstić information content (AvgIpc) is 2.34. The lowest BCUT2D eigenvalue weighted by Crippen LogP contribution is -2.40. The van der Waals surface area contributed by atoms with Crippen molar-refractivity contribution in [2.75, 3.05) is 19.6 Å². The van der Waals surface area contributed by atoms with Crippen molar-refractivity contribution in [3.8, 4) is 0 Å². The normalized spacial score (nSPS) is 27.2. The van der Waals surface area contributed by atoms with Crippen LogP contribution in [0.4, 0.5) is 0 Å². The lowest BCUT2D eigenvalue weighted by Gasteiger charge is -2.37. The van der Waals surface area contributed by atoms with Crippen molar-refractivity contribution in [3.05, 3.63) is 0 Å². The number of nitrogens with zero attached hydrogens (tertiary/aromatic N) is 1. The van der Waals surface area contributed by atoms with E-state index in [1.54, 1.807) is 0 Å². The summed E-state index contributed by atoms with van der Waals surface area (Å²) >= 11 is 0. The molecule has 1 nitrogen and oxygen atoms in total. The second-order valence-corrected chi connectivity index (χ2v) is 5.60. The van der Waals surface area contributed by atoms with Crippen molar-refractivity contribution in [2.24, 2.45) is 11.8 Å². The van der Waals surface area contributed by atoms with E-state index in [2.05, 4.69) is 25.7 Å². The first-order valence-corrected chi connectivity index (χ1v) is 7.52. The Morgan fingerprint density at radius 1 is 0.875 bits per heavy atom. The molecule has 1 heteroatoms. The van der Waals surface area contributed by atoms with E-state index in [0.29, 0.717) is 0 Å². The van der Waals surface area contributed by atoms with Gasteiger partial charge in [0, 0.05) is 13.1 Å². The monoisotopic (exact) mass is 225 g/mol. The average molecular weight is 225 g/mol. The lowest BCUT2D eigenvalue weighted by atomic mass is 9.86. The molecule has 1 fully saturated rings. The summed E-state index contributed by atoms with van der Waals surface area (Å²) in [5.74, 6) is 1.95. The van der Waals surface area contributed by atoms with Crippen LogP contribution >= 0.6 is 0 Å². The van der Waals surface area contributed by atoms with E-state index in [-0.39, 0.29) is 0 Å². The van der Waals surface area contributed by atoms with Crippen molar-refractivity contribution in [1.82, 2.24) is 4.90 Å². The van der Waals surface area contributed by atoms with Crippen LogP contribution in [-0.4, -0.2) is 24.5 Å². The Bertz CT molecular complexity index is 155. The number of likely N-dealkylation sites (tertiary alicyclic amines) is 1. The molecule has 1 aliphatic heterocycles. The molecule has 1 saturated heterocycles. The van der Waals surface area contributed by atoms with Gasteiger partial charge >= 0.3 is 0 Å². The Morgan fingerprint density at radius 3 is 2.00 bits per heavy atom. The predicted octanol–water partition coefficient (Wildman–Crippen LogP) is 4.32. The largest absolute Gasteiger partial charge is 0.303 e. The second-order valence-electron chi connectivity index (χ2n) is 5.60. The van der Waals surface area contributed by atoms with E-state index in [9.17, 15) is 0 Å². The fourth-order valence-corrected chi connectivity index (χ4v) is 2.96. The van der Waals surface area contributed by atoms with Crippen molar-refractivity contribution in [2.45, 2.75) is 65.7 Å². The van der Waals surface area contributed by atoms with Crippen molar-refractivity contribution >= 4 is 0 Å². The van der Waals surface area contributed by atoms with Gasteiger partial charge in [-0.05, 0) is 31.2 Å². The van der Waals surface area contributed by atoms with Crippen LogP contribution in [0.3, 0.4) is 0 Å². The second kappa shape index (κ2) is 8.11. The Kier molecular flexibility index (Phi) is 7.11. The summed E-state index contributed by atoms with van der Waals surface area (Å²) in [6.45, 7) is 11.1. The molecule has 1 heterocycles. The molecule has 96 valence electrons. The number of hydrogen-bond acceptors (Lipinski definition) is 1. The van der Waals surface area contributed by atoms with Gasteiger partial charge in [0.1, 0.15) is 0 Å². The minimum Gasteiger partial charge on any atom is -0.303 e. The molecule has 2 unspecified atom stereocenters. The van der Waals surface area contributed by atoms with Gasteiger partial charge in [-0.2, -0.15) is 0 Å². The summed E-state index contributed by atoms with van der Waals surface area (Å²) in [5.41, 5.74) is 0. The summed E-state index contributed by atoms with van der Waals surface area (Å²) in [7, 11) is 0. The molecule has 0 radical (unpaired) electrons. The molecule has 16 heavy (non-hydrogen) atoms. The summed E-state index contributed by atoms with van der Waals surface area (Å²) < 4.78 is 0. The van der Waals surface area contributed by atoms with Gasteiger partial charge < -0.3 is 4.90 Å². The number of unbranched alkanes of at least 4 members (excludes halogenated alkanes) is 3. The van der Waals surface area contributed by atoms with E-state index in [1.807, 2.05) is 0 Å². The molecule has 0 aromatic carbocycles. The highest BCUT2D eigenvalue weighted by Gasteiger charge is 2.24. The van der Waals surface area contributed by atoms with Crippen LogP contribution in [0.2, 0.25) is 0 Å². The summed E-state index contributed by atoms with van der Waals surface area (Å²) in [4.78, 5) is 2.74. The van der Waals surface area contributed by atoms with Crippen LogP contribution in [0, 0.1) is 11.8 Å². The van der Waals surface area contributed by atoms with Crippen LogP contribution in [0.25, 0.3) is 0 Å². The minimum absolute atomic E-state index is 0.977. The third kappa shape index (κ3) is 4.86. The van der Waals surface area contributed by atoms with Crippen molar-refractivity contribution < 1.29 is 0 Å². The molecule has 0 N–H and O–H groups in total. The highest BCUT2D eigenvalue weighted by Crippen LogP contribution is 2.26. The fourth-order valence-electron chi connectivity index (χ4n) is 2.96. The maximum Gasteiger partial charge on any atom is 0.000978 e.